The number of piperidine rings is 1. The Morgan fingerprint density at radius 1 is 1.19 bits per heavy atom. The fraction of sp³-hybridized carbons (Fsp3) is 0.478. The van der Waals surface area contributed by atoms with Crippen LogP contribution in [0.25, 0.3) is 0 Å². The Balaban J connectivity index is 0.00000289. The SMILES string of the molecule is COc1cc2c(cc1OC)C1(CCN(C(=O)c3ncccc3OCCN)CC1)OCC2.Cl. The van der Waals surface area contributed by atoms with Gasteiger partial charge in [0.25, 0.3) is 5.91 Å². The molecule has 2 N–H and O–H groups in total. The number of fused-ring (bicyclic) bond motifs is 2. The molecular formula is C23H30ClN3O5. The average Bonchev–Trinajstić information content (AvgIpc) is 2.82. The van der Waals surface area contributed by atoms with Gasteiger partial charge in [0.2, 0.25) is 0 Å². The monoisotopic (exact) mass is 463 g/mol. The van der Waals surface area contributed by atoms with E-state index >= 15 is 0 Å². The lowest BCUT2D eigenvalue weighted by Gasteiger charge is -2.45. The number of amides is 1. The first kappa shape index (κ1) is 24.1. The molecule has 0 unspecified atom stereocenters. The molecule has 2 aliphatic heterocycles. The van der Waals surface area contributed by atoms with Crippen LogP contribution in [0.5, 0.6) is 17.2 Å². The van der Waals surface area contributed by atoms with Crippen LogP contribution in [0.1, 0.15) is 34.5 Å². The predicted octanol–water partition coefficient (Wildman–Crippen LogP) is 2.56. The Kier molecular flexibility index (Phi) is 7.82. The number of benzene rings is 1. The molecule has 3 heterocycles. The van der Waals surface area contributed by atoms with Gasteiger partial charge in [-0.25, -0.2) is 4.98 Å². The van der Waals surface area contributed by atoms with Crippen LogP contribution in [0.15, 0.2) is 30.5 Å². The van der Waals surface area contributed by atoms with Gasteiger partial charge >= 0.3 is 0 Å². The van der Waals surface area contributed by atoms with Crippen LogP contribution < -0.4 is 19.9 Å². The lowest BCUT2D eigenvalue weighted by atomic mass is 9.79. The van der Waals surface area contributed by atoms with Gasteiger partial charge in [0.05, 0.1) is 26.4 Å². The first-order valence-electron chi connectivity index (χ1n) is 10.6. The summed E-state index contributed by atoms with van der Waals surface area (Å²) in [5.74, 6) is 1.76. The number of nitrogens with two attached hydrogens (primary N) is 1. The fourth-order valence-electron chi connectivity index (χ4n) is 4.46. The minimum absolute atomic E-state index is 0. The second-order valence-corrected chi connectivity index (χ2v) is 7.74. The van der Waals surface area contributed by atoms with E-state index in [4.69, 9.17) is 24.7 Å². The third-order valence-corrected chi connectivity index (χ3v) is 6.06. The van der Waals surface area contributed by atoms with E-state index in [0.717, 1.165) is 17.7 Å². The van der Waals surface area contributed by atoms with Gasteiger partial charge in [0, 0.05) is 25.8 Å². The minimum atomic E-state index is -0.424. The largest absolute Gasteiger partial charge is 0.493 e. The lowest BCUT2D eigenvalue weighted by Crippen LogP contribution is -2.48. The Labute approximate surface area is 194 Å². The molecule has 1 aromatic carbocycles. The molecule has 32 heavy (non-hydrogen) atoms. The summed E-state index contributed by atoms with van der Waals surface area (Å²) in [6, 6.07) is 7.58. The van der Waals surface area contributed by atoms with E-state index in [1.54, 1.807) is 32.5 Å². The van der Waals surface area contributed by atoms with Crippen LogP contribution >= 0.6 is 12.4 Å². The number of methoxy groups -OCH3 is 2. The molecule has 1 aromatic heterocycles. The van der Waals surface area contributed by atoms with Crippen molar-refractivity contribution in [3.63, 3.8) is 0 Å². The van der Waals surface area contributed by atoms with Crippen molar-refractivity contribution in [2.45, 2.75) is 24.9 Å². The number of ether oxygens (including phenoxy) is 4. The molecule has 0 atom stereocenters. The molecular weight excluding hydrogens is 434 g/mol. The number of rotatable bonds is 6. The highest BCUT2D eigenvalue weighted by molar-refractivity contribution is 5.95. The molecule has 9 heteroatoms. The lowest BCUT2D eigenvalue weighted by molar-refractivity contribution is -0.0937. The molecule has 0 radical (unpaired) electrons. The van der Waals surface area contributed by atoms with Crippen molar-refractivity contribution < 1.29 is 23.7 Å². The van der Waals surface area contributed by atoms with Crippen molar-refractivity contribution in [2.24, 2.45) is 5.73 Å². The third kappa shape index (κ3) is 4.48. The Bertz CT molecular complexity index is 947. The molecule has 4 rings (SSSR count). The maximum Gasteiger partial charge on any atom is 0.276 e. The molecule has 0 aliphatic carbocycles. The van der Waals surface area contributed by atoms with Crippen molar-refractivity contribution in [3.8, 4) is 17.2 Å². The van der Waals surface area contributed by atoms with Gasteiger partial charge in [0.1, 0.15) is 6.61 Å². The summed E-state index contributed by atoms with van der Waals surface area (Å²) in [4.78, 5) is 19.2. The summed E-state index contributed by atoms with van der Waals surface area (Å²) < 4.78 is 22.9. The molecule has 1 amide bonds. The summed E-state index contributed by atoms with van der Waals surface area (Å²) in [7, 11) is 3.28. The van der Waals surface area contributed by atoms with Crippen LogP contribution in [-0.4, -0.2) is 62.9 Å². The van der Waals surface area contributed by atoms with E-state index in [2.05, 4.69) is 4.98 Å². The number of carbonyl (C=O) groups excluding carboxylic acids is 1. The average molecular weight is 464 g/mol. The highest BCUT2D eigenvalue weighted by Gasteiger charge is 2.42. The first-order valence-corrected chi connectivity index (χ1v) is 10.6. The standard InChI is InChI=1S/C23H29N3O5.ClH/c1-28-19-14-16-5-12-31-23(17(16)15-20(19)29-2)6-10-26(11-7-23)22(27)21-18(30-13-8-24)4-3-9-25-21;/h3-4,9,14-15H,5-8,10-13,24H2,1-2H3;1H. The number of aromatic nitrogens is 1. The molecule has 1 fully saturated rings. The van der Waals surface area contributed by atoms with Crippen molar-refractivity contribution in [1.82, 2.24) is 9.88 Å². The summed E-state index contributed by atoms with van der Waals surface area (Å²) in [5.41, 5.74) is 7.78. The zero-order chi connectivity index (χ0) is 21.8. The smallest absolute Gasteiger partial charge is 0.276 e. The highest BCUT2D eigenvalue weighted by atomic mass is 35.5. The summed E-state index contributed by atoms with van der Waals surface area (Å²) in [5, 5.41) is 0. The van der Waals surface area contributed by atoms with Crippen LogP contribution in [0, 0.1) is 0 Å². The van der Waals surface area contributed by atoms with E-state index in [1.807, 2.05) is 17.0 Å². The van der Waals surface area contributed by atoms with Gasteiger partial charge in [-0.2, -0.15) is 0 Å². The topological polar surface area (TPSA) is 96.1 Å². The molecule has 1 spiro atoms. The maximum atomic E-state index is 13.2. The second kappa shape index (κ2) is 10.4. The molecule has 174 valence electrons. The Hall–Kier alpha value is -2.55. The quantitative estimate of drug-likeness (QED) is 0.703. The number of nitrogens with zero attached hydrogens (tertiary/aromatic N) is 2. The van der Waals surface area contributed by atoms with Crippen LogP contribution in [-0.2, 0) is 16.8 Å². The zero-order valence-electron chi connectivity index (χ0n) is 18.5. The normalized spacial score (nSPS) is 16.7. The summed E-state index contributed by atoms with van der Waals surface area (Å²) >= 11 is 0. The fourth-order valence-corrected chi connectivity index (χ4v) is 4.46. The molecule has 2 aliphatic rings. The Morgan fingerprint density at radius 3 is 2.59 bits per heavy atom. The Morgan fingerprint density at radius 2 is 1.91 bits per heavy atom. The van der Waals surface area contributed by atoms with Crippen molar-refractivity contribution in [2.75, 3.05) is 47.1 Å². The van der Waals surface area contributed by atoms with Crippen LogP contribution in [0.2, 0.25) is 0 Å². The number of halogens is 1. The number of pyridine rings is 1. The number of carbonyl (C=O) groups is 1. The van der Waals surface area contributed by atoms with Gasteiger partial charge < -0.3 is 29.6 Å². The minimum Gasteiger partial charge on any atom is -0.493 e. The van der Waals surface area contributed by atoms with Crippen LogP contribution in [0.4, 0.5) is 0 Å². The molecule has 0 bridgehead atoms. The zero-order valence-corrected chi connectivity index (χ0v) is 19.3. The van der Waals surface area contributed by atoms with Gasteiger partial charge in [-0.1, -0.05) is 0 Å². The third-order valence-electron chi connectivity index (χ3n) is 6.06. The molecule has 1 saturated heterocycles. The van der Waals surface area contributed by atoms with E-state index in [0.29, 0.717) is 62.9 Å². The summed E-state index contributed by atoms with van der Waals surface area (Å²) in [6.45, 7) is 2.50. The highest BCUT2D eigenvalue weighted by Crippen LogP contribution is 2.45. The van der Waals surface area contributed by atoms with E-state index in [9.17, 15) is 4.79 Å². The summed E-state index contributed by atoms with van der Waals surface area (Å²) in [6.07, 6.45) is 3.84. The predicted molar refractivity (Wildman–Crippen MR) is 122 cm³/mol. The van der Waals surface area contributed by atoms with E-state index in [1.165, 1.54) is 5.56 Å². The number of hydrogen-bond acceptors (Lipinski definition) is 7. The van der Waals surface area contributed by atoms with Crippen LogP contribution in [0.3, 0.4) is 0 Å². The second-order valence-electron chi connectivity index (χ2n) is 7.74. The maximum absolute atomic E-state index is 13.2. The van der Waals surface area contributed by atoms with Crippen molar-refractivity contribution in [1.29, 1.82) is 0 Å². The molecule has 0 saturated carbocycles. The van der Waals surface area contributed by atoms with Crippen molar-refractivity contribution >= 4 is 18.3 Å². The van der Waals surface area contributed by atoms with E-state index in [-0.39, 0.29) is 18.3 Å². The van der Waals surface area contributed by atoms with Gasteiger partial charge in [-0.05, 0) is 54.7 Å². The van der Waals surface area contributed by atoms with Gasteiger partial charge in [0.15, 0.2) is 22.9 Å². The van der Waals surface area contributed by atoms with Gasteiger partial charge in [-0.15, -0.1) is 12.4 Å². The van der Waals surface area contributed by atoms with E-state index < -0.39 is 5.60 Å². The van der Waals surface area contributed by atoms with Crippen molar-refractivity contribution in [3.05, 3.63) is 47.3 Å². The molecule has 2 aromatic rings. The number of hydrogen-bond donors (Lipinski definition) is 1. The number of likely N-dealkylation sites (tertiary alicyclic amines) is 1. The van der Waals surface area contributed by atoms with Gasteiger partial charge in [-0.3, -0.25) is 4.79 Å². The molecule has 8 nitrogen and oxygen atoms in total. The first-order chi connectivity index (χ1) is 15.1.